The number of esters is 1. The summed E-state index contributed by atoms with van der Waals surface area (Å²) < 4.78 is 4.74. The highest BCUT2D eigenvalue weighted by atomic mass is 16.5. The molecule has 0 radical (unpaired) electrons. The standard InChI is InChI=1S/C28H26N6O6/c1-15-8-18(6-7-19(15)28(39)40-2)13-31-27(38)20-11-21(33-14-32-20)34-22(35)10-16-4-3-5-17(9-16)12-30-24-23(29)25(36)26(24)37/h3-9,11,14,30H,10,12-13,29H2,1-2H3,(H,31,38)(H,32,33,34,35). The topological polar surface area (TPSA) is 182 Å². The van der Waals surface area contributed by atoms with Gasteiger partial charge in [0.15, 0.2) is 0 Å². The molecule has 0 bridgehead atoms. The Balaban J connectivity index is 1.31. The van der Waals surface area contributed by atoms with Crippen LogP contribution in [-0.2, 0) is 29.0 Å². The number of ether oxygens (including phenoxy) is 1. The Morgan fingerprint density at radius 2 is 1.68 bits per heavy atom. The van der Waals surface area contributed by atoms with Gasteiger partial charge in [-0.05, 0) is 35.2 Å². The minimum atomic E-state index is -0.694. The number of carbonyl (C=O) groups is 3. The first-order chi connectivity index (χ1) is 19.2. The van der Waals surface area contributed by atoms with Gasteiger partial charge in [-0.3, -0.25) is 19.2 Å². The lowest BCUT2D eigenvalue weighted by atomic mass is 10.1. The number of hydrogen-bond acceptors (Lipinski definition) is 10. The number of rotatable bonds is 10. The van der Waals surface area contributed by atoms with Gasteiger partial charge in [0.2, 0.25) is 5.91 Å². The van der Waals surface area contributed by atoms with Crippen LogP contribution < -0.4 is 32.5 Å². The number of anilines is 3. The summed E-state index contributed by atoms with van der Waals surface area (Å²) in [5.41, 5.74) is 7.72. The third-order valence-electron chi connectivity index (χ3n) is 6.09. The van der Waals surface area contributed by atoms with E-state index in [0.717, 1.165) is 16.7 Å². The molecule has 0 aliphatic rings. The van der Waals surface area contributed by atoms with Crippen LogP contribution in [0.2, 0.25) is 0 Å². The van der Waals surface area contributed by atoms with Crippen molar-refractivity contribution in [2.24, 2.45) is 0 Å². The average molecular weight is 543 g/mol. The van der Waals surface area contributed by atoms with Gasteiger partial charge in [0.25, 0.3) is 16.8 Å². The molecule has 0 saturated heterocycles. The van der Waals surface area contributed by atoms with Crippen molar-refractivity contribution in [3.63, 3.8) is 0 Å². The van der Waals surface area contributed by atoms with Crippen molar-refractivity contribution in [1.29, 1.82) is 0 Å². The predicted molar refractivity (Wildman–Crippen MR) is 148 cm³/mol. The zero-order valence-corrected chi connectivity index (χ0v) is 21.7. The molecule has 5 N–H and O–H groups in total. The molecule has 0 spiro atoms. The van der Waals surface area contributed by atoms with Crippen LogP contribution in [0.1, 0.15) is 43.1 Å². The van der Waals surface area contributed by atoms with Crippen LogP contribution in [-0.4, -0.2) is 34.9 Å². The second-order valence-electron chi connectivity index (χ2n) is 8.96. The molecule has 3 aromatic carbocycles. The van der Waals surface area contributed by atoms with Crippen molar-refractivity contribution < 1.29 is 19.1 Å². The largest absolute Gasteiger partial charge is 0.465 e. The SMILES string of the molecule is COC(=O)c1ccc(CNC(=O)c2cc(NC(=O)Cc3cccc(CNc4c(N)c(=O)c4=O)c3)ncn2)cc1C. The monoisotopic (exact) mass is 542 g/mol. The molecule has 12 nitrogen and oxygen atoms in total. The molecule has 0 atom stereocenters. The second-order valence-corrected chi connectivity index (χ2v) is 8.96. The summed E-state index contributed by atoms with van der Waals surface area (Å²) in [7, 11) is 1.31. The number of nitrogens with zero attached hydrogens (tertiary/aromatic N) is 2. The summed E-state index contributed by atoms with van der Waals surface area (Å²) in [6.45, 7) is 2.23. The molecule has 2 amide bonds. The number of amides is 2. The van der Waals surface area contributed by atoms with E-state index in [1.54, 1.807) is 49.4 Å². The van der Waals surface area contributed by atoms with Crippen LogP contribution in [0.15, 0.2) is 64.4 Å². The number of benzene rings is 2. The Hall–Kier alpha value is -5.39. The number of hydrogen-bond donors (Lipinski definition) is 4. The number of aryl methyl sites for hydroxylation is 1. The van der Waals surface area contributed by atoms with E-state index in [-0.39, 0.29) is 48.3 Å². The normalized spacial score (nSPS) is 10.7. The van der Waals surface area contributed by atoms with E-state index in [0.29, 0.717) is 11.1 Å². The second kappa shape index (κ2) is 12.0. The molecular formula is C28H26N6O6. The van der Waals surface area contributed by atoms with Crippen molar-refractivity contribution in [2.45, 2.75) is 26.4 Å². The summed E-state index contributed by atoms with van der Waals surface area (Å²) in [4.78, 5) is 67.8. The van der Waals surface area contributed by atoms with Crippen LogP contribution in [0.4, 0.5) is 17.2 Å². The quantitative estimate of drug-likeness (QED) is 0.169. The Kier molecular flexibility index (Phi) is 8.28. The van der Waals surface area contributed by atoms with E-state index < -0.39 is 22.7 Å². The Morgan fingerprint density at radius 1 is 0.925 bits per heavy atom. The Bertz CT molecular complexity index is 1670. The van der Waals surface area contributed by atoms with E-state index in [1.807, 2.05) is 0 Å². The van der Waals surface area contributed by atoms with Gasteiger partial charge < -0.3 is 26.4 Å². The minimum Gasteiger partial charge on any atom is -0.465 e. The minimum absolute atomic E-state index is 0.0303. The molecule has 0 saturated carbocycles. The first-order valence-electron chi connectivity index (χ1n) is 12.1. The van der Waals surface area contributed by atoms with Crippen molar-refractivity contribution in [1.82, 2.24) is 15.3 Å². The lowest BCUT2D eigenvalue weighted by molar-refractivity contribution is -0.115. The molecule has 0 aliphatic carbocycles. The van der Waals surface area contributed by atoms with Gasteiger partial charge >= 0.3 is 5.97 Å². The third-order valence-corrected chi connectivity index (χ3v) is 6.09. The van der Waals surface area contributed by atoms with Gasteiger partial charge in [0.1, 0.15) is 29.2 Å². The number of nitrogens with one attached hydrogen (secondary N) is 3. The summed E-state index contributed by atoms with van der Waals surface area (Å²) in [6.07, 6.45) is 1.21. The summed E-state index contributed by atoms with van der Waals surface area (Å²) >= 11 is 0. The van der Waals surface area contributed by atoms with Crippen LogP contribution >= 0.6 is 0 Å². The lowest BCUT2D eigenvalue weighted by Gasteiger charge is -2.11. The fraction of sp³-hybridized carbons (Fsp3) is 0.179. The van der Waals surface area contributed by atoms with Crippen molar-refractivity contribution in [3.8, 4) is 0 Å². The van der Waals surface area contributed by atoms with Gasteiger partial charge in [-0.25, -0.2) is 14.8 Å². The summed E-state index contributed by atoms with van der Waals surface area (Å²) in [5.74, 6) is -1.09. The number of nitrogens with two attached hydrogens (primary N) is 1. The first-order valence-corrected chi connectivity index (χ1v) is 12.1. The maximum absolute atomic E-state index is 12.6. The van der Waals surface area contributed by atoms with Crippen molar-refractivity contribution in [3.05, 3.63) is 109 Å². The maximum Gasteiger partial charge on any atom is 0.338 e. The van der Waals surface area contributed by atoms with Crippen molar-refractivity contribution in [2.75, 3.05) is 23.5 Å². The van der Waals surface area contributed by atoms with E-state index in [2.05, 4.69) is 25.9 Å². The van der Waals surface area contributed by atoms with E-state index in [4.69, 9.17) is 10.5 Å². The summed E-state index contributed by atoms with van der Waals surface area (Å²) in [5, 5.41) is 8.26. The number of aromatic nitrogens is 2. The van der Waals surface area contributed by atoms with Gasteiger partial charge in [-0.2, -0.15) is 0 Å². The molecule has 4 rings (SSSR count). The molecule has 1 aromatic heterocycles. The highest BCUT2D eigenvalue weighted by molar-refractivity contribution is 5.95. The third kappa shape index (κ3) is 6.35. The van der Waals surface area contributed by atoms with Gasteiger partial charge in [-0.1, -0.05) is 36.4 Å². The predicted octanol–water partition coefficient (Wildman–Crippen LogP) is 1.47. The van der Waals surface area contributed by atoms with Gasteiger partial charge in [0, 0.05) is 19.2 Å². The van der Waals surface area contributed by atoms with Crippen LogP contribution in [0.3, 0.4) is 0 Å². The van der Waals surface area contributed by atoms with E-state index in [9.17, 15) is 24.0 Å². The average Bonchev–Trinajstić information content (AvgIpc) is 2.95. The van der Waals surface area contributed by atoms with Gasteiger partial charge in [0.05, 0.1) is 19.1 Å². The molecule has 0 fully saturated rings. The summed E-state index contributed by atoms with van der Waals surface area (Å²) in [6, 6.07) is 13.6. The van der Waals surface area contributed by atoms with Crippen LogP contribution in [0, 0.1) is 6.92 Å². The van der Waals surface area contributed by atoms with Crippen molar-refractivity contribution >= 4 is 35.0 Å². The smallest absolute Gasteiger partial charge is 0.338 e. The zero-order chi connectivity index (χ0) is 28.8. The fourth-order valence-electron chi connectivity index (χ4n) is 3.99. The lowest BCUT2D eigenvalue weighted by Crippen LogP contribution is -2.36. The molecule has 4 aromatic rings. The van der Waals surface area contributed by atoms with Gasteiger partial charge in [-0.15, -0.1) is 0 Å². The Morgan fingerprint density at radius 3 is 2.40 bits per heavy atom. The van der Waals surface area contributed by atoms with Crippen LogP contribution in [0.25, 0.3) is 0 Å². The Labute approximate surface area is 228 Å². The highest BCUT2D eigenvalue weighted by Crippen LogP contribution is 2.15. The van der Waals surface area contributed by atoms with Crippen LogP contribution in [0.5, 0.6) is 0 Å². The molecule has 204 valence electrons. The highest BCUT2D eigenvalue weighted by Gasteiger charge is 2.17. The maximum atomic E-state index is 12.6. The zero-order valence-electron chi connectivity index (χ0n) is 21.7. The van der Waals surface area contributed by atoms with E-state index >= 15 is 0 Å². The first kappa shape index (κ1) is 27.6. The molecule has 0 unspecified atom stereocenters. The number of methoxy groups -OCH3 is 1. The molecule has 40 heavy (non-hydrogen) atoms. The number of nitrogen functional groups attached to an aromatic ring is 1. The molecule has 0 aliphatic heterocycles. The molecule has 1 heterocycles. The molecular weight excluding hydrogens is 516 g/mol. The number of carbonyl (C=O) groups excluding carboxylic acids is 3. The fourth-order valence-corrected chi connectivity index (χ4v) is 3.99. The molecule has 12 heteroatoms. The van der Waals surface area contributed by atoms with E-state index in [1.165, 1.54) is 19.5 Å².